The first-order valence-electron chi connectivity index (χ1n) is 4.67. The summed E-state index contributed by atoms with van der Waals surface area (Å²) < 4.78 is 1.64. The van der Waals surface area contributed by atoms with Gasteiger partial charge in [-0.1, -0.05) is 0 Å². The average molecular weight is 195 g/mol. The van der Waals surface area contributed by atoms with Crippen molar-refractivity contribution in [3.63, 3.8) is 0 Å². The van der Waals surface area contributed by atoms with Crippen LogP contribution in [0.15, 0.2) is 12.4 Å². The van der Waals surface area contributed by atoms with Crippen molar-refractivity contribution in [2.45, 2.75) is 39.8 Å². The summed E-state index contributed by atoms with van der Waals surface area (Å²) in [6, 6.07) is 0. The Morgan fingerprint density at radius 1 is 1.57 bits per heavy atom. The van der Waals surface area contributed by atoms with Crippen molar-refractivity contribution in [3.8, 4) is 0 Å². The minimum atomic E-state index is -0.181. The van der Waals surface area contributed by atoms with Crippen molar-refractivity contribution < 1.29 is 4.79 Å². The molecular formula is C10H17N3O. The molecule has 0 unspecified atom stereocenters. The highest BCUT2D eigenvalue weighted by Crippen LogP contribution is 1.99. The van der Waals surface area contributed by atoms with E-state index in [9.17, 15) is 4.79 Å². The van der Waals surface area contributed by atoms with Gasteiger partial charge < -0.3 is 5.32 Å². The number of hydrogen-bond donors (Lipinski definition) is 1. The summed E-state index contributed by atoms with van der Waals surface area (Å²) in [6.45, 7) is 8.11. The SMILES string of the molecule is Cc1cnn(CC(=O)NC(C)(C)C)c1. The number of amides is 1. The molecule has 0 radical (unpaired) electrons. The molecule has 0 aliphatic heterocycles. The predicted molar refractivity (Wildman–Crippen MR) is 54.9 cm³/mol. The van der Waals surface area contributed by atoms with Gasteiger partial charge in [-0.05, 0) is 33.3 Å². The van der Waals surface area contributed by atoms with Crippen molar-refractivity contribution in [3.05, 3.63) is 18.0 Å². The van der Waals surface area contributed by atoms with Crippen LogP contribution in [-0.4, -0.2) is 21.2 Å². The van der Waals surface area contributed by atoms with Crippen LogP contribution in [0.3, 0.4) is 0 Å². The van der Waals surface area contributed by atoms with E-state index in [2.05, 4.69) is 10.4 Å². The topological polar surface area (TPSA) is 46.9 Å². The Morgan fingerprint density at radius 3 is 2.64 bits per heavy atom. The Kier molecular flexibility index (Phi) is 2.93. The summed E-state index contributed by atoms with van der Waals surface area (Å²) in [5.74, 6) is -0.0133. The summed E-state index contributed by atoms with van der Waals surface area (Å²) in [4.78, 5) is 11.5. The van der Waals surface area contributed by atoms with E-state index in [0.717, 1.165) is 5.56 Å². The molecule has 4 nitrogen and oxygen atoms in total. The zero-order chi connectivity index (χ0) is 10.8. The molecule has 1 amide bonds. The Labute approximate surface area is 84.3 Å². The number of nitrogens with zero attached hydrogens (tertiary/aromatic N) is 2. The molecule has 1 N–H and O–H groups in total. The summed E-state index contributed by atoms with van der Waals surface area (Å²) in [6.07, 6.45) is 3.59. The molecule has 0 saturated heterocycles. The van der Waals surface area contributed by atoms with Gasteiger partial charge in [-0.15, -0.1) is 0 Å². The average Bonchev–Trinajstić information content (AvgIpc) is 2.30. The third-order valence-electron chi connectivity index (χ3n) is 1.58. The van der Waals surface area contributed by atoms with Crippen molar-refractivity contribution in [1.29, 1.82) is 0 Å². The normalized spacial score (nSPS) is 11.4. The Hall–Kier alpha value is -1.32. The lowest BCUT2D eigenvalue weighted by molar-refractivity contribution is -0.123. The minimum Gasteiger partial charge on any atom is -0.350 e. The highest BCUT2D eigenvalue weighted by Gasteiger charge is 2.13. The van der Waals surface area contributed by atoms with Crippen molar-refractivity contribution >= 4 is 5.91 Å². The van der Waals surface area contributed by atoms with Gasteiger partial charge in [0.25, 0.3) is 0 Å². The number of hydrogen-bond acceptors (Lipinski definition) is 2. The second kappa shape index (κ2) is 3.82. The quantitative estimate of drug-likeness (QED) is 0.768. The molecule has 1 aromatic heterocycles. The maximum Gasteiger partial charge on any atom is 0.242 e. The first-order chi connectivity index (χ1) is 6.37. The standard InChI is InChI=1S/C10H17N3O/c1-8-5-11-13(6-8)7-9(14)12-10(2,3)4/h5-6H,7H2,1-4H3,(H,12,14). The van der Waals surface area contributed by atoms with E-state index < -0.39 is 0 Å². The molecule has 0 saturated carbocycles. The molecule has 1 heterocycles. The van der Waals surface area contributed by atoms with E-state index in [4.69, 9.17) is 0 Å². The molecule has 78 valence electrons. The van der Waals surface area contributed by atoms with Gasteiger partial charge in [0.15, 0.2) is 0 Å². The number of rotatable bonds is 2. The summed E-state index contributed by atoms with van der Waals surface area (Å²) >= 11 is 0. The predicted octanol–water partition coefficient (Wildman–Crippen LogP) is 1.11. The van der Waals surface area contributed by atoms with Gasteiger partial charge >= 0.3 is 0 Å². The number of carbonyl (C=O) groups excluding carboxylic acids is 1. The van der Waals surface area contributed by atoms with Gasteiger partial charge in [0.05, 0.1) is 6.20 Å². The van der Waals surface area contributed by atoms with Crippen LogP contribution in [-0.2, 0) is 11.3 Å². The van der Waals surface area contributed by atoms with Gasteiger partial charge in [0, 0.05) is 11.7 Å². The molecular weight excluding hydrogens is 178 g/mol. The lowest BCUT2D eigenvalue weighted by atomic mass is 10.1. The minimum absolute atomic E-state index is 0.0133. The van der Waals surface area contributed by atoms with E-state index >= 15 is 0 Å². The third-order valence-corrected chi connectivity index (χ3v) is 1.58. The van der Waals surface area contributed by atoms with Crippen LogP contribution < -0.4 is 5.32 Å². The van der Waals surface area contributed by atoms with Gasteiger partial charge in [-0.2, -0.15) is 5.10 Å². The smallest absolute Gasteiger partial charge is 0.242 e. The Morgan fingerprint density at radius 2 is 2.21 bits per heavy atom. The van der Waals surface area contributed by atoms with E-state index in [1.165, 1.54) is 0 Å². The number of carbonyl (C=O) groups is 1. The molecule has 1 aromatic rings. The van der Waals surface area contributed by atoms with Crippen LogP contribution in [0.25, 0.3) is 0 Å². The van der Waals surface area contributed by atoms with Gasteiger partial charge in [0.2, 0.25) is 5.91 Å². The highest BCUT2D eigenvalue weighted by atomic mass is 16.2. The molecule has 14 heavy (non-hydrogen) atoms. The maximum absolute atomic E-state index is 11.5. The third kappa shape index (κ3) is 3.60. The van der Waals surface area contributed by atoms with Crippen LogP contribution in [0.1, 0.15) is 26.3 Å². The fourth-order valence-electron chi connectivity index (χ4n) is 1.16. The van der Waals surface area contributed by atoms with Crippen LogP contribution in [0.5, 0.6) is 0 Å². The van der Waals surface area contributed by atoms with E-state index in [-0.39, 0.29) is 18.0 Å². The molecule has 0 bridgehead atoms. The molecule has 0 aliphatic carbocycles. The first kappa shape index (κ1) is 10.8. The molecule has 0 aromatic carbocycles. The number of aromatic nitrogens is 2. The second-order valence-corrected chi connectivity index (χ2v) is 4.51. The van der Waals surface area contributed by atoms with Crippen LogP contribution in [0.4, 0.5) is 0 Å². The molecule has 0 spiro atoms. The Balaban J connectivity index is 2.50. The lowest BCUT2D eigenvalue weighted by Gasteiger charge is -2.20. The van der Waals surface area contributed by atoms with Crippen molar-refractivity contribution in [2.75, 3.05) is 0 Å². The van der Waals surface area contributed by atoms with Crippen molar-refractivity contribution in [1.82, 2.24) is 15.1 Å². The first-order valence-corrected chi connectivity index (χ1v) is 4.67. The van der Waals surface area contributed by atoms with Crippen LogP contribution >= 0.6 is 0 Å². The molecule has 0 atom stereocenters. The largest absolute Gasteiger partial charge is 0.350 e. The van der Waals surface area contributed by atoms with Gasteiger partial charge in [0.1, 0.15) is 6.54 Å². The summed E-state index contributed by atoms with van der Waals surface area (Å²) in [5, 5.41) is 6.92. The molecule has 1 rings (SSSR count). The van der Waals surface area contributed by atoms with Crippen LogP contribution in [0.2, 0.25) is 0 Å². The highest BCUT2D eigenvalue weighted by molar-refractivity contribution is 5.76. The number of nitrogens with one attached hydrogen (secondary N) is 1. The lowest BCUT2D eigenvalue weighted by Crippen LogP contribution is -2.42. The molecule has 0 aliphatic rings. The fraction of sp³-hybridized carbons (Fsp3) is 0.600. The summed E-state index contributed by atoms with van der Waals surface area (Å²) in [5.41, 5.74) is 0.882. The molecule has 0 fully saturated rings. The second-order valence-electron chi connectivity index (χ2n) is 4.51. The van der Waals surface area contributed by atoms with E-state index in [1.807, 2.05) is 33.9 Å². The van der Waals surface area contributed by atoms with Gasteiger partial charge in [-0.25, -0.2) is 0 Å². The van der Waals surface area contributed by atoms with E-state index in [1.54, 1.807) is 10.9 Å². The Bertz CT molecular complexity index is 322. The molecule has 4 heteroatoms. The summed E-state index contributed by atoms with van der Waals surface area (Å²) in [7, 11) is 0. The number of aryl methyl sites for hydroxylation is 1. The monoisotopic (exact) mass is 195 g/mol. The maximum atomic E-state index is 11.5. The van der Waals surface area contributed by atoms with E-state index in [0.29, 0.717) is 0 Å². The zero-order valence-electron chi connectivity index (χ0n) is 9.16. The zero-order valence-corrected chi connectivity index (χ0v) is 9.16. The fourth-order valence-corrected chi connectivity index (χ4v) is 1.16. The van der Waals surface area contributed by atoms with Crippen molar-refractivity contribution in [2.24, 2.45) is 0 Å². The van der Waals surface area contributed by atoms with Gasteiger partial charge in [-0.3, -0.25) is 9.48 Å². The van der Waals surface area contributed by atoms with Crippen LogP contribution in [0, 0.1) is 6.92 Å².